The van der Waals surface area contributed by atoms with E-state index in [2.05, 4.69) is 28.1 Å². The van der Waals surface area contributed by atoms with Gasteiger partial charge in [0.2, 0.25) is 5.91 Å². The van der Waals surface area contributed by atoms with Gasteiger partial charge in [-0.2, -0.15) is 0 Å². The fourth-order valence-corrected chi connectivity index (χ4v) is 4.81. The second kappa shape index (κ2) is 8.29. The monoisotopic (exact) mass is 387 g/mol. The number of hydrogen-bond donors (Lipinski definition) is 2. The molecule has 2 atom stereocenters. The van der Waals surface area contributed by atoms with Crippen LogP contribution < -0.4 is 15.0 Å². The standard InChI is InChI=1S/C22H33N3O3/c1-2-14-28-20-15-17(25-11-6-18(26)7-12-25)4-5-19(20)23-21(27)22-8-3-10-24(16-22)13-9-22/h4-5,15,18,26H,2-3,6-14,16H2,1H3,(H,23,27). The zero-order valence-corrected chi connectivity index (χ0v) is 17.0. The molecule has 3 aliphatic heterocycles. The van der Waals surface area contributed by atoms with Crippen LogP contribution in [0.1, 0.15) is 45.4 Å². The first-order valence-electron chi connectivity index (χ1n) is 10.8. The van der Waals surface area contributed by atoms with Crippen LogP contribution in [0.4, 0.5) is 11.4 Å². The topological polar surface area (TPSA) is 65.0 Å². The van der Waals surface area contributed by atoms with E-state index in [-0.39, 0.29) is 17.4 Å². The maximum atomic E-state index is 13.2. The summed E-state index contributed by atoms with van der Waals surface area (Å²) in [6, 6.07) is 6.09. The van der Waals surface area contributed by atoms with Gasteiger partial charge in [-0.05, 0) is 63.7 Å². The van der Waals surface area contributed by atoms with E-state index in [0.29, 0.717) is 6.61 Å². The summed E-state index contributed by atoms with van der Waals surface area (Å²) >= 11 is 0. The van der Waals surface area contributed by atoms with E-state index in [1.165, 1.54) is 0 Å². The van der Waals surface area contributed by atoms with Gasteiger partial charge in [-0.25, -0.2) is 0 Å². The zero-order valence-electron chi connectivity index (χ0n) is 17.0. The number of amides is 1. The van der Waals surface area contributed by atoms with Crippen LogP contribution in [-0.2, 0) is 4.79 Å². The van der Waals surface area contributed by atoms with Crippen LogP contribution in [0.2, 0.25) is 0 Å². The molecule has 0 aliphatic carbocycles. The van der Waals surface area contributed by atoms with Gasteiger partial charge in [-0.15, -0.1) is 0 Å². The number of nitrogens with zero attached hydrogens (tertiary/aromatic N) is 2. The summed E-state index contributed by atoms with van der Waals surface area (Å²) in [5, 5.41) is 13.0. The molecule has 6 nitrogen and oxygen atoms in total. The van der Waals surface area contributed by atoms with Crippen molar-refractivity contribution in [3.63, 3.8) is 0 Å². The van der Waals surface area contributed by atoms with E-state index in [1.807, 2.05) is 12.1 Å². The Kier molecular flexibility index (Phi) is 5.78. The normalized spacial score (nSPS) is 27.6. The molecule has 3 heterocycles. The van der Waals surface area contributed by atoms with Gasteiger partial charge in [0.1, 0.15) is 5.75 Å². The number of aliphatic hydroxyl groups excluding tert-OH is 1. The molecule has 1 aromatic carbocycles. The number of nitrogens with one attached hydrogen (secondary N) is 1. The van der Waals surface area contributed by atoms with Gasteiger partial charge >= 0.3 is 0 Å². The molecule has 4 rings (SSSR count). The largest absolute Gasteiger partial charge is 0.491 e. The molecule has 28 heavy (non-hydrogen) atoms. The number of piperidine rings is 2. The lowest BCUT2D eigenvalue weighted by atomic mass is 9.80. The number of aliphatic hydroxyl groups is 1. The van der Waals surface area contributed by atoms with Gasteiger partial charge in [0.15, 0.2) is 0 Å². The van der Waals surface area contributed by atoms with Crippen molar-refractivity contribution < 1.29 is 14.6 Å². The Balaban J connectivity index is 1.51. The van der Waals surface area contributed by atoms with E-state index in [1.54, 1.807) is 0 Å². The van der Waals surface area contributed by atoms with Crippen molar-refractivity contribution in [1.82, 2.24) is 4.90 Å². The van der Waals surface area contributed by atoms with Crippen molar-refractivity contribution in [3.05, 3.63) is 18.2 Å². The third-order valence-corrected chi connectivity index (χ3v) is 6.55. The molecule has 1 aromatic rings. The molecule has 0 radical (unpaired) electrons. The molecule has 3 fully saturated rings. The Morgan fingerprint density at radius 2 is 2.07 bits per heavy atom. The van der Waals surface area contributed by atoms with E-state index in [4.69, 9.17) is 4.74 Å². The lowest BCUT2D eigenvalue weighted by molar-refractivity contribution is -0.126. The molecule has 2 bridgehead atoms. The SMILES string of the molecule is CCCOc1cc(N2CCC(O)CC2)ccc1NC(=O)C12CCCN(CC1)C2. The fraction of sp³-hybridized carbons (Fsp3) is 0.682. The van der Waals surface area contributed by atoms with Crippen molar-refractivity contribution in [3.8, 4) is 5.75 Å². The smallest absolute Gasteiger partial charge is 0.232 e. The molecular formula is C22H33N3O3. The summed E-state index contributed by atoms with van der Waals surface area (Å²) in [7, 11) is 0. The lowest BCUT2D eigenvalue weighted by Crippen LogP contribution is -2.42. The van der Waals surface area contributed by atoms with E-state index in [0.717, 1.165) is 88.4 Å². The Labute approximate surface area is 167 Å². The summed E-state index contributed by atoms with van der Waals surface area (Å²) in [6.07, 6.45) is 5.36. The molecule has 2 unspecified atom stereocenters. The molecule has 3 aliphatic rings. The second-order valence-electron chi connectivity index (χ2n) is 8.61. The van der Waals surface area contributed by atoms with Crippen molar-refractivity contribution in [2.24, 2.45) is 5.41 Å². The fourth-order valence-electron chi connectivity index (χ4n) is 4.81. The van der Waals surface area contributed by atoms with Crippen LogP contribution in [0, 0.1) is 5.41 Å². The van der Waals surface area contributed by atoms with Crippen LogP contribution in [0.15, 0.2) is 18.2 Å². The average Bonchev–Trinajstić information content (AvgIpc) is 3.02. The van der Waals surface area contributed by atoms with Crippen LogP contribution in [0.3, 0.4) is 0 Å². The van der Waals surface area contributed by atoms with E-state index >= 15 is 0 Å². The molecule has 1 amide bonds. The molecular weight excluding hydrogens is 354 g/mol. The molecule has 0 saturated carbocycles. The van der Waals surface area contributed by atoms with Gasteiger partial charge in [-0.1, -0.05) is 6.92 Å². The minimum Gasteiger partial charge on any atom is -0.491 e. The van der Waals surface area contributed by atoms with Gasteiger partial charge in [0.25, 0.3) is 0 Å². The Morgan fingerprint density at radius 1 is 1.25 bits per heavy atom. The number of carbonyl (C=O) groups excluding carboxylic acids is 1. The molecule has 0 aromatic heterocycles. The van der Waals surface area contributed by atoms with Crippen molar-refractivity contribution in [2.45, 2.75) is 51.6 Å². The Bertz CT molecular complexity index is 698. The number of ether oxygens (including phenoxy) is 1. The van der Waals surface area contributed by atoms with Crippen LogP contribution in [0.25, 0.3) is 0 Å². The summed E-state index contributed by atoms with van der Waals surface area (Å²) in [5.41, 5.74) is 1.64. The number of anilines is 2. The highest BCUT2D eigenvalue weighted by Gasteiger charge is 2.46. The van der Waals surface area contributed by atoms with Crippen molar-refractivity contribution in [2.75, 3.05) is 49.5 Å². The second-order valence-corrected chi connectivity index (χ2v) is 8.61. The predicted molar refractivity (Wildman–Crippen MR) is 111 cm³/mol. The molecule has 2 N–H and O–H groups in total. The molecule has 3 saturated heterocycles. The van der Waals surface area contributed by atoms with Gasteiger partial charge in [-0.3, -0.25) is 4.79 Å². The maximum absolute atomic E-state index is 13.2. The first-order valence-corrected chi connectivity index (χ1v) is 10.8. The van der Waals surface area contributed by atoms with Crippen LogP contribution >= 0.6 is 0 Å². The van der Waals surface area contributed by atoms with Gasteiger partial charge < -0.3 is 25.0 Å². The summed E-state index contributed by atoms with van der Waals surface area (Å²) < 4.78 is 6.00. The molecule has 6 heteroatoms. The van der Waals surface area contributed by atoms with Crippen molar-refractivity contribution in [1.29, 1.82) is 0 Å². The van der Waals surface area contributed by atoms with Crippen LogP contribution in [0.5, 0.6) is 5.75 Å². The number of rotatable bonds is 6. The van der Waals surface area contributed by atoms with Gasteiger partial charge in [0, 0.05) is 31.4 Å². The highest BCUT2D eigenvalue weighted by Crippen LogP contribution is 2.41. The van der Waals surface area contributed by atoms with E-state index in [9.17, 15) is 9.90 Å². The third-order valence-electron chi connectivity index (χ3n) is 6.55. The predicted octanol–water partition coefficient (Wildman–Crippen LogP) is 2.86. The average molecular weight is 388 g/mol. The van der Waals surface area contributed by atoms with Crippen LogP contribution in [-0.4, -0.2) is 61.3 Å². The number of hydrogen-bond acceptors (Lipinski definition) is 5. The van der Waals surface area contributed by atoms with Gasteiger partial charge in [0.05, 0.1) is 23.8 Å². The lowest BCUT2D eigenvalue weighted by Gasteiger charge is -2.33. The summed E-state index contributed by atoms with van der Waals surface area (Å²) in [4.78, 5) is 17.9. The minimum absolute atomic E-state index is 0.143. The number of fused-ring (bicyclic) bond motifs is 2. The molecule has 154 valence electrons. The zero-order chi connectivity index (χ0) is 19.6. The maximum Gasteiger partial charge on any atom is 0.232 e. The Hall–Kier alpha value is -1.79. The highest BCUT2D eigenvalue weighted by atomic mass is 16.5. The summed E-state index contributed by atoms with van der Waals surface area (Å²) in [5.74, 6) is 0.894. The summed E-state index contributed by atoms with van der Waals surface area (Å²) in [6.45, 7) is 7.45. The number of carbonyl (C=O) groups is 1. The first-order chi connectivity index (χ1) is 13.6. The number of benzene rings is 1. The third kappa shape index (κ3) is 3.98. The minimum atomic E-state index is -0.234. The molecule has 0 spiro atoms. The van der Waals surface area contributed by atoms with Crippen molar-refractivity contribution >= 4 is 17.3 Å². The first kappa shape index (κ1) is 19.5. The highest BCUT2D eigenvalue weighted by molar-refractivity contribution is 5.97. The van der Waals surface area contributed by atoms with E-state index < -0.39 is 0 Å². The quantitative estimate of drug-likeness (QED) is 0.786. The Morgan fingerprint density at radius 3 is 2.86 bits per heavy atom.